The Bertz CT molecular complexity index is 491. The molecule has 0 aliphatic rings. The van der Waals surface area contributed by atoms with Gasteiger partial charge in [-0.05, 0) is 31.5 Å². The number of likely N-dealkylation sites (N-methyl/N-ethyl adjacent to an activating group) is 1. The highest BCUT2D eigenvalue weighted by atomic mass is 16.2. The first-order chi connectivity index (χ1) is 8.60. The first kappa shape index (κ1) is 13.7. The summed E-state index contributed by atoms with van der Waals surface area (Å²) in [4.78, 5) is 24.8. The molecule has 5 heteroatoms. The van der Waals surface area contributed by atoms with Crippen LogP contribution in [0, 0.1) is 18.3 Å². The summed E-state index contributed by atoms with van der Waals surface area (Å²) in [6.45, 7) is 3.92. The predicted molar refractivity (Wildman–Crippen MR) is 67.8 cm³/mol. The number of carbonyl (C=O) groups is 2. The number of rotatable bonds is 3. The van der Waals surface area contributed by atoms with Crippen molar-refractivity contribution in [3.63, 3.8) is 0 Å². The Hall–Kier alpha value is -2.35. The average Bonchev–Trinajstić information content (AvgIpc) is 2.36. The molecule has 18 heavy (non-hydrogen) atoms. The maximum absolute atomic E-state index is 11.9. The van der Waals surface area contributed by atoms with Crippen molar-refractivity contribution in [3.05, 3.63) is 29.8 Å². The monoisotopic (exact) mass is 245 g/mol. The SMILES string of the molecule is CCN(C(=O)C(=O)NCC#N)c1cccc(C)c1. The molecule has 0 fully saturated rings. The molecule has 0 aromatic heterocycles. The van der Waals surface area contributed by atoms with Crippen molar-refractivity contribution in [1.29, 1.82) is 5.26 Å². The lowest BCUT2D eigenvalue weighted by Gasteiger charge is -2.20. The van der Waals surface area contributed by atoms with E-state index in [1.807, 2.05) is 25.1 Å². The van der Waals surface area contributed by atoms with Crippen molar-refractivity contribution in [3.8, 4) is 6.07 Å². The van der Waals surface area contributed by atoms with Gasteiger partial charge in [0, 0.05) is 12.2 Å². The van der Waals surface area contributed by atoms with Gasteiger partial charge < -0.3 is 10.2 Å². The highest BCUT2D eigenvalue weighted by molar-refractivity contribution is 6.40. The molecule has 0 aliphatic heterocycles. The van der Waals surface area contributed by atoms with Gasteiger partial charge in [-0.3, -0.25) is 9.59 Å². The van der Waals surface area contributed by atoms with Crippen LogP contribution < -0.4 is 10.2 Å². The highest BCUT2D eigenvalue weighted by Gasteiger charge is 2.21. The molecule has 0 unspecified atom stereocenters. The minimum absolute atomic E-state index is 0.171. The molecule has 0 aliphatic carbocycles. The van der Waals surface area contributed by atoms with Crippen LogP contribution in [0.4, 0.5) is 5.69 Å². The fourth-order valence-corrected chi connectivity index (χ4v) is 1.56. The van der Waals surface area contributed by atoms with Gasteiger partial charge in [-0.25, -0.2) is 0 Å². The zero-order valence-electron chi connectivity index (χ0n) is 10.4. The van der Waals surface area contributed by atoms with E-state index in [0.29, 0.717) is 12.2 Å². The Morgan fingerprint density at radius 3 is 2.72 bits per heavy atom. The lowest BCUT2D eigenvalue weighted by atomic mass is 10.2. The maximum atomic E-state index is 11.9. The summed E-state index contributed by atoms with van der Waals surface area (Å²) in [7, 11) is 0. The number of anilines is 1. The molecule has 0 atom stereocenters. The summed E-state index contributed by atoms with van der Waals surface area (Å²) in [5, 5.41) is 10.6. The second-order valence-electron chi connectivity index (χ2n) is 3.73. The van der Waals surface area contributed by atoms with Gasteiger partial charge in [-0.1, -0.05) is 12.1 Å². The number of nitriles is 1. The van der Waals surface area contributed by atoms with Gasteiger partial charge in [0.05, 0.1) is 6.07 Å². The molecule has 0 saturated heterocycles. The topological polar surface area (TPSA) is 73.2 Å². The van der Waals surface area contributed by atoms with Crippen LogP contribution in [-0.4, -0.2) is 24.9 Å². The number of nitrogens with zero attached hydrogens (tertiary/aromatic N) is 2. The van der Waals surface area contributed by atoms with Crippen molar-refractivity contribution in [2.45, 2.75) is 13.8 Å². The van der Waals surface area contributed by atoms with Crippen LogP contribution in [-0.2, 0) is 9.59 Å². The standard InChI is InChI=1S/C13H15N3O2/c1-3-16(11-6-4-5-10(2)9-11)13(18)12(17)15-8-7-14/h4-6,9H,3,8H2,1-2H3,(H,15,17). The summed E-state index contributed by atoms with van der Waals surface area (Å²) < 4.78 is 0. The van der Waals surface area contributed by atoms with E-state index in [0.717, 1.165) is 5.56 Å². The number of amides is 2. The number of nitrogens with one attached hydrogen (secondary N) is 1. The van der Waals surface area contributed by atoms with E-state index in [2.05, 4.69) is 5.32 Å². The summed E-state index contributed by atoms with van der Waals surface area (Å²) >= 11 is 0. The first-order valence-electron chi connectivity index (χ1n) is 5.63. The fraction of sp³-hybridized carbons (Fsp3) is 0.308. The van der Waals surface area contributed by atoms with Gasteiger partial charge in [-0.15, -0.1) is 0 Å². The minimum atomic E-state index is -0.764. The van der Waals surface area contributed by atoms with Crippen molar-refractivity contribution < 1.29 is 9.59 Å². The normalized spacial score (nSPS) is 9.39. The van der Waals surface area contributed by atoms with Crippen LogP contribution in [0.15, 0.2) is 24.3 Å². The van der Waals surface area contributed by atoms with Crippen LogP contribution >= 0.6 is 0 Å². The molecule has 1 aromatic carbocycles. The second-order valence-corrected chi connectivity index (χ2v) is 3.73. The second kappa shape index (κ2) is 6.40. The van der Waals surface area contributed by atoms with Crippen LogP contribution in [0.1, 0.15) is 12.5 Å². The molecule has 1 N–H and O–H groups in total. The molecule has 0 spiro atoms. The molecule has 94 valence electrons. The van der Waals surface area contributed by atoms with Crippen molar-refractivity contribution in [2.75, 3.05) is 18.0 Å². The van der Waals surface area contributed by atoms with E-state index >= 15 is 0 Å². The van der Waals surface area contributed by atoms with Gasteiger partial charge in [0.1, 0.15) is 6.54 Å². The van der Waals surface area contributed by atoms with Crippen LogP contribution in [0.2, 0.25) is 0 Å². The Morgan fingerprint density at radius 2 is 2.17 bits per heavy atom. The molecule has 0 heterocycles. The van der Waals surface area contributed by atoms with Crippen molar-refractivity contribution in [1.82, 2.24) is 5.32 Å². The third kappa shape index (κ3) is 3.32. The number of hydrogen-bond acceptors (Lipinski definition) is 3. The zero-order chi connectivity index (χ0) is 13.5. The van der Waals surface area contributed by atoms with Gasteiger partial charge in [-0.2, -0.15) is 5.26 Å². The molecule has 2 amide bonds. The smallest absolute Gasteiger partial charge is 0.316 e. The Balaban J connectivity index is 2.87. The number of aryl methyl sites for hydroxylation is 1. The van der Waals surface area contributed by atoms with E-state index < -0.39 is 11.8 Å². The molecular weight excluding hydrogens is 230 g/mol. The summed E-state index contributed by atoms with van der Waals surface area (Å²) in [6, 6.07) is 9.10. The van der Waals surface area contributed by atoms with Gasteiger partial charge in [0.25, 0.3) is 0 Å². The van der Waals surface area contributed by atoms with Gasteiger partial charge in [0.2, 0.25) is 0 Å². The summed E-state index contributed by atoms with van der Waals surface area (Å²) in [5.41, 5.74) is 1.69. The maximum Gasteiger partial charge on any atom is 0.316 e. The van der Waals surface area contributed by atoms with Crippen LogP contribution in [0.5, 0.6) is 0 Å². The van der Waals surface area contributed by atoms with Gasteiger partial charge >= 0.3 is 11.8 Å². The average molecular weight is 245 g/mol. The highest BCUT2D eigenvalue weighted by Crippen LogP contribution is 2.15. The van der Waals surface area contributed by atoms with E-state index in [9.17, 15) is 9.59 Å². The number of carbonyl (C=O) groups excluding carboxylic acids is 2. The summed E-state index contributed by atoms with van der Waals surface area (Å²) in [6.07, 6.45) is 0. The molecular formula is C13H15N3O2. The molecule has 0 radical (unpaired) electrons. The zero-order valence-corrected chi connectivity index (χ0v) is 10.4. The fourth-order valence-electron chi connectivity index (χ4n) is 1.56. The number of benzene rings is 1. The Kier molecular flexibility index (Phi) is 4.88. The van der Waals surface area contributed by atoms with Crippen LogP contribution in [0.25, 0.3) is 0 Å². The van der Waals surface area contributed by atoms with Crippen molar-refractivity contribution in [2.24, 2.45) is 0 Å². The third-order valence-corrected chi connectivity index (χ3v) is 2.40. The molecule has 1 rings (SSSR count). The molecule has 0 saturated carbocycles. The lowest BCUT2D eigenvalue weighted by molar-refractivity contribution is -0.137. The molecule has 1 aromatic rings. The Labute approximate surface area is 106 Å². The minimum Gasteiger partial charge on any atom is -0.335 e. The quantitative estimate of drug-likeness (QED) is 0.637. The Morgan fingerprint density at radius 1 is 1.44 bits per heavy atom. The summed E-state index contributed by atoms with van der Waals surface area (Å²) in [5.74, 6) is -1.42. The third-order valence-electron chi connectivity index (χ3n) is 2.40. The van der Waals surface area contributed by atoms with E-state index in [4.69, 9.17) is 5.26 Å². The lowest BCUT2D eigenvalue weighted by Crippen LogP contribution is -2.43. The van der Waals surface area contributed by atoms with E-state index in [1.165, 1.54) is 4.90 Å². The predicted octanol–water partition coefficient (Wildman–Crippen LogP) is 0.988. The van der Waals surface area contributed by atoms with E-state index in [-0.39, 0.29) is 6.54 Å². The van der Waals surface area contributed by atoms with Crippen LogP contribution in [0.3, 0.4) is 0 Å². The van der Waals surface area contributed by atoms with Gasteiger partial charge in [0.15, 0.2) is 0 Å². The molecule has 5 nitrogen and oxygen atoms in total. The van der Waals surface area contributed by atoms with Crippen molar-refractivity contribution >= 4 is 17.5 Å². The number of hydrogen-bond donors (Lipinski definition) is 1. The molecule has 0 bridgehead atoms. The van der Waals surface area contributed by atoms with E-state index in [1.54, 1.807) is 19.1 Å². The largest absolute Gasteiger partial charge is 0.335 e. The first-order valence-corrected chi connectivity index (χ1v) is 5.63.